The molecule has 1 aliphatic rings. The Bertz CT molecular complexity index is 622. The molecule has 0 aliphatic heterocycles. The number of carbonyl (C=O) groups is 3. The third-order valence-electron chi connectivity index (χ3n) is 3.13. The molecule has 1 aromatic rings. The maximum Gasteiger partial charge on any atom is 0.217 e. The first-order valence-corrected chi connectivity index (χ1v) is 6.54. The standard InChI is InChI=1S/C15H16N2O4/c1-9(18)17-13-12(16-7-8-21-2)14(19)10-5-3-4-6-11(10)15(13)20/h3-6,13H,7-8H2,1-2H3,(H,17,18). The van der Waals surface area contributed by atoms with E-state index in [2.05, 4.69) is 10.3 Å². The van der Waals surface area contributed by atoms with E-state index in [4.69, 9.17) is 4.74 Å². The molecule has 1 aliphatic carbocycles. The minimum atomic E-state index is -1.03. The van der Waals surface area contributed by atoms with Crippen LogP contribution in [-0.4, -0.2) is 49.5 Å². The molecular weight excluding hydrogens is 272 g/mol. The van der Waals surface area contributed by atoms with Crippen molar-refractivity contribution in [2.75, 3.05) is 20.3 Å². The number of ketones is 2. The Hall–Kier alpha value is -2.34. The Balaban J connectivity index is 2.45. The first-order chi connectivity index (χ1) is 10.1. The molecule has 0 spiro atoms. The highest BCUT2D eigenvalue weighted by molar-refractivity contribution is 6.55. The van der Waals surface area contributed by atoms with Crippen molar-refractivity contribution >= 4 is 23.2 Å². The van der Waals surface area contributed by atoms with Crippen molar-refractivity contribution in [2.45, 2.75) is 13.0 Å². The van der Waals surface area contributed by atoms with E-state index in [1.807, 2.05) is 0 Å². The smallest absolute Gasteiger partial charge is 0.217 e. The van der Waals surface area contributed by atoms with Gasteiger partial charge in [-0.25, -0.2) is 0 Å². The molecule has 6 heteroatoms. The van der Waals surface area contributed by atoms with Crippen molar-refractivity contribution in [2.24, 2.45) is 4.99 Å². The third-order valence-corrected chi connectivity index (χ3v) is 3.13. The molecule has 6 nitrogen and oxygen atoms in total. The van der Waals surface area contributed by atoms with E-state index < -0.39 is 6.04 Å². The number of fused-ring (bicyclic) bond motifs is 1. The number of nitrogens with zero attached hydrogens (tertiary/aromatic N) is 1. The van der Waals surface area contributed by atoms with Gasteiger partial charge in [-0.1, -0.05) is 24.3 Å². The molecular formula is C15H16N2O4. The van der Waals surface area contributed by atoms with Gasteiger partial charge in [0.05, 0.1) is 13.2 Å². The summed E-state index contributed by atoms with van der Waals surface area (Å²) >= 11 is 0. The maximum absolute atomic E-state index is 12.5. The van der Waals surface area contributed by atoms with Crippen LogP contribution in [-0.2, 0) is 9.53 Å². The quantitative estimate of drug-likeness (QED) is 0.825. The van der Waals surface area contributed by atoms with Crippen LogP contribution >= 0.6 is 0 Å². The minimum absolute atomic E-state index is 0.0611. The zero-order valence-corrected chi connectivity index (χ0v) is 11.9. The molecule has 21 heavy (non-hydrogen) atoms. The lowest BCUT2D eigenvalue weighted by Gasteiger charge is -2.24. The fourth-order valence-electron chi connectivity index (χ4n) is 2.20. The van der Waals surface area contributed by atoms with Crippen LogP contribution in [0.5, 0.6) is 0 Å². The third kappa shape index (κ3) is 3.05. The molecule has 0 saturated heterocycles. The second kappa shape index (κ2) is 6.41. The van der Waals surface area contributed by atoms with Crippen LogP contribution in [0, 0.1) is 0 Å². The lowest BCUT2D eigenvalue weighted by molar-refractivity contribution is -0.119. The van der Waals surface area contributed by atoms with Crippen molar-refractivity contribution in [3.8, 4) is 0 Å². The summed E-state index contributed by atoms with van der Waals surface area (Å²) in [6, 6.07) is 5.51. The highest BCUT2D eigenvalue weighted by atomic mass is 16.5. The van der Waals surface area contributed by atoms with Gasteiger partial charge in [0.15, 0.2) is 5.78 Å². The summed E-state index contributed by atoms with van der Waals surface area (Å²) in [4.78, 5) is 40.4. The van der Waals surface area contributed by atoms with Gasteiger partial charge in [0.2, 0.25) is 11.7 Å². The van der Waals surface area contributed by atoms with Crippen LogP contribution in [0.4, 0.5) is 0 Å². The Labute approximate surface area is 122 Å². The Morgan fingerprint density at radius 3 is 2.57 bits per heavy atom. The molecule has 1 atom stereocenters. The second-order valence-electron chi connectivity index (χ2n) is 4.63. The van der Waals surface area contributed by atoms with Crippen LogP contribution in [0.2, 0.25) is 0 Å². The van der Waals surface area contributed by atoms with Crippen LogP contribution < -0.4 is 5.32 Å². The lowest BCUT2D eigenvalue weighted by Crippen LogP contribution is -2.52. The first kappa shape index (κ1) is 15.1. The van der Waals surface area contributed by atoms with Gasteiger partial charge in [0.25, 0.3) is 0 Å². The Kier molecular flexibility index (Phi) is 4.59. The number of hydrogen-bond acceptors (Lipinski definition) is 5. The molecule has 0 fully saturated rings. The number of amides is 1. The summed E-state index contributed by atoms with van der Waals surface area (Å²) in [7, 11) is 1.52. The predicted octanol–water partition coefficient (Wildman–Crippen LogP) is 0.658. The molecule has 0 saturated carbocycles. The number of carbonyl (C=O) groups excluding carboxylic acids is 3. The summed E-state index contributed by atoms with van der Waals surface area (Å²) < 4.78 is 4.89. The van der Waals surface area contributed by atoms with Crippen LogP contribution in [0.25, 0.3) is 0 Å². The largest absolute Gasteiger partial charge is 0.383 e. The number of ether oxygens (including phenoxy) is 1. The SMILES string of the molecule is COCCN=C1C(=O)c2ccccc2C(=O)C1NC(C)=O. The van der Waals surface area contributed by atoms with E-state index >= 15 is 0 Å². The Morgan fingerprint density at radius 2 is 1.95 bits per heavy atom. The number of rotatable bonds is 4. The maximum atomic E-state index is 12.5. The van der Waals surface area contributed by atoms with Gasteiger partial charge >= 0.3 is 0 Å². The molecule has 0 bridgehead atoms. The number of hydrogen-bond donors (Lipinski definition) is 1. The lowest BCUT2D eigenvalue weighted by atomic mass is 9.84. The van der Waals surface area contributed by atoms with Gasteiger partial charge < -0.3 is 10.1 Å². The predicted molar refractivity (Wildman–Crippen MR) is 76.9 cm³/mol. The molecule has 110 valence electrons. The monoisotopic (exact) mass is 288 g/mol. The zero-order valence-electron chi connectivity index (χ0n) is 11.9. The van der Waals surface area contributed by atoms with Gasteiger partial charge in [-0.2, -0.15) is 0 Å². The van der Waals surface area contributed by atoms with Gasteiger partial charge in [-0.15, -0.1) is 0 Å². The minimum Gasteiger partial charge on any atom is -0.383 e. The summed E-state index contributed by atoms with van der Waals surface area (Å²) in [5.41, 5.74) is 0.693. The van der Waals surface area contributed by atoms with Crippen molar-refractivity contribution in [1.29, 1.82) is 0 Å². The fraction of sp³-hybridized carbons (Fsp3) is 0.333. The highest BCUT2D eigenvalue weighted by Gasteiger charge is 2.38. The topological polar surface area (TPSA) is 84.8 Å². The van der Waals surface area contributed by atoms with E-state index in [9.17, 15) is 14.4 Å². The van der Waals surface area contributed by atoms with Crippen LogP contribution in [0.15, 0.2) is 29.3 Å². The normalized spacial score (nSPS) is 19.5. The van der Waals surface area contributed by atoms with Crippen molar-refractivity contribution in [1.82, 2.24) is 5.32 Å². The van der Waals surface area contributed by atoms with E-state index in [0.717, 1.165) is 0 Å². The summed E-state index contributed by atoms with van der Waals surface area (Å²) in [6.07, 6.45) is 0. The van der Waals surface area contributed by atoms with E-state index in [1.54, 1.807) is 24.3 Å². The molecule has 2 rings (SSSR count). The van der Waals surface area contributed by atoms with Gasteiger partial charge in [0.1, 0.15) is 11.8 Å². The van der Waals surface area contributed by atoms with Crippen molar-refractivity contribution < 1.29 is 19.1 Å². The molecule has 1 amide bonds. The molecule has 1 unspecified atom stereocenters. The van der Waals surface area contributed by atoms with Gasteiger partial charge in [0, 0.05) is 25.2 Å². The van der Waals surface area contributed by atoms with Crippen molar-refractivity contribution in [3.63, 3.8) is 0 Å². The van der Waals surface area contributed by atoms with Crippen LogP contribution in [0.3, 0.4) is 0 Å². The molecule has 1 N–H and O–H groups in total. The molecule has 0 radical (unpaired) electrons. The Morgan fingerprint density at radius 1 is 1.29 bits per heavy atom. The average molecular weight is 288 g/mol. The number of Topliss-reactive ketones (excluding diaryl/α,β-unsaturated/α-hetero) is 2. The molecule has 0 heterocycles. The number of benzene rings is 1. The summed E-state index contributed by atoms with van der Waals surface area (Å²) in [6.45, 7) is 1.88. The van der Waals surface area contributed by atoms with Gasteiger partial charge in [-0.05, 0) is 0 Å². The molecule has 1 aromatic carbocycles. The van der Waals surface area contributed by atoms with Crippen molar-refractivity contribution in [3.05, 3.63) is 35.4 Å². The van der Waals surface area contributed by atoms with Crippen LogP contribution in [0.1, 0.15) is 27.6 Å². The fourth-order valence-corrected chi connectivity index (χ4v) is 2.20. The number of methoxy groups -OCH3 is 1. The second-order valence-corrected chi connectivity index (χ2v) is 4.63. The van der Waals surface area contributed by atoms with E-state index in [0.29, 0.717) is 17.7 Å². The number of nitrogens with one attached hydrogen (secondary N) is 1. The summed E-state index contributed by atoms with van der Waals surface area (Å²) in [5.74, 6) is -1.04. The first-order valence-electron chi connectivity index (χ1n) is 6.54. The van der Waals surface area contributed by atoms with E-state index in [1.165, 1.54) is 14.0 Å². The van der Waals surface area contributed by atoms with Gasteiger partial charge in [-0.3, -0.25) is 19.4 Å². The summed E-state index contributed by atoms with van der Waals surface area (Å²) in [5, 5.41) is 2.50. The number of aliphatic imine (C=N–C) groups is 1. The molecule has 0 aromatic heterocycles. The highest BCUT2D eigenvalue weighted by Crippen LogP contribution is 2.20. The zero-order chi connectivity index (χ0) is 15.4. The van der Waals surface area contributed by atoms with E-state index in [-0.39, 0.29) is 29.7 Å². The average Bonchev–Trinajstić information content (AvgIpc) is 2.47.